The standard InChI is InChI=1S/C63H54N2/c1-39-21-25-47(33-43(39)5)64(48-26-22-40(2)44(6)34-48)51-29-31-57-54-16-10-9-15-53(54)55-17-11-13-19-59(55)63(61(57)37-51)60-20-14-12-18-56(60)58-32-30-52(38-62(58)63)65(49-27-23-41(3)45(7)35-49)50-28-24-42(4)46(8)36-50/h9-38H,1-8H3. The lowest BCUT2D eigenvalue weighted by Gasteiger charge is -2.37. The minimum Gasteiger partial charge on any atom is -0.310 e. The van der Waals surface area contributed by atoms with E-state index in [0.29, 0.717) is 0 Å². The number of rotatable bonds is 6. The Morgan fingerprint density at radius 2 is 0.492 bits per heavy atom. The topological polar surface area (TPSA) is 6.48 Å². The van der Waals surface area contributed by atoms with E-state index >= 15 is 0 Å². The van der Waals surface area contributed by atoms with Crippen molar-refractivity contribution in [3.8, 4) is 33.4 Å². The molecule has 0 radical (unpaired) electrons. The van der Waals surface area contributed by atoms with E-state index in [1.165, 1.54) is 100 Å². The highest BCUT2D eigenvalue weighted by atomic mass is 15.1. The summed E-state index contributed by atoms with van der Waals surface area (Å²) in [7, 11) is 0. The van der Waals surface area contributed by atoms with Crippen molar-refractivity contribution in [1.29, 1.82) is 0 Å². The van der Waals surface area contributed by atoms with Crippen LogP contribution in [0.2, 0.25) is 0 Å². The maximum absolute atomic E-state index is 2.53. The number of aryl methyl sites for hydroxylation is 8. The molecule has 0 aliphatic heterocycles. The van der Waals surface area contributed by atoms with E-state index in [9.17, 15) is 0 Å². The van der Waals surface area contributed by atoms with Crippen LogP contribution in [0, 0.1) is 55.4 Å². The predicted octanol–water partition coefficient (Wildman–Crippen LogP) is 17.1. The van der Waals surface area contributed by atoms with E-state index in [4.69, 9.17) is 0 Å². The Kier molecular flexibility index (Phi) is 9.55. The minimum absolute atomic E-state index is 0.682. The number of hydrogen-bond donors (Lipinski definition) is 0. The molecule has 0 N–H and O–H groups in total. The van der Waals surface area contributed by atoms with Crippen LogP contribution in [-0.4, -0.2) is 0 Å². The van der Waals surface area contributed by atoms with Crippen molar-refractivity contribution in [1.82, 2.24) is 0 Å². The molecule has 0 aromatic heterocycles. The molecule has 0 heterocycles. The fourth-order valence-corrected chi connectivity index (χ4v) is 10.7. The van der Waals surface area contributed by atoms with Gasteiger partial charge in [0.1, 0.15) is 0 Å². The quantitative estimate of drug-likeness (QED) is 0.165. The van der Waals surface area contributed by atoms with Crippen molar-refractivity contribution >= 4 is 34.1 Å². The van der Waals surface area contributed by atoms with Crippen molar-refractivity contribution in [3.63, 3.8) is 0 Å². The molecule has 9 aromatic carbocycles. The normalized spacial score (nSPS) is 14.2. The SMILES string of the molecule is Cc1ccc(N(c2ccc(C)c(C)c2)c2ccc3c(c2)C2(c4ccccc4-c4ccccc4-3)c3ccccc3-c3ccc(N(c4ccc(C)c(C)c4)c4ccc(C)c(C)c4)cc32)cc1C. The molecule has 2 nitrogen and oxygen atoms in total. The highest BCUT2D eigenvalue weighted by molar-refractivity contribution is 5.99. The van der Waals surface area contributed by atoms with Gasteiger partial charge in [-0.1, -0.05) is 109 Å². The van der Waals surface area contributed by atoms with E-state index in [2.05, 4.69) is 247 Å². The van der Waals surface area contributed by atoms with E-state index in [-0.39, 0.29) is 0 Å². The van der Waals surface area contributed by atoms with Crippen LogP contribution in [0.15, 0.2) is 182 Å². The summed E-state index contributed by atoms with van der Waals surface area (Å²) in [6, 6.07) is 69.5. The highest BCUT2D eigenvalue weighted by Crippen LogP contribution is 2.63. The van der Waals surface area contributed by atoms with Crippen molar-refractivity contribution in [2.24, 2.45) is 0 Å². The molecule has 0 saturated heterocycles. The number of anilines is 6. The van der Waals surface area contributed by atoms with Gasteiger partial charge in [-0.15, -0.1) is 0 Å². The van der Waals surface area contributed by atoms with Gasteiger partial charge < -0.3 is 9.80 Å². The molecule has 2 aliphatic rings. The van der Waals surface area contributed by atoms with Gasteiger partial charge in [0, 0.05) is 34.1 Å². The first kappa shape index (κ1) is 40.4. The van der Waals surface area contributed by atoms with E-state index < -0.39 is 5.41 Å². The summed E-state index contributed by atoms with van der Waals surface area (Å²) in [4.78, 5) is 4.93. The van der Waals surface area contributed by atoms with E-state index in [1.807, 2.05) is 0 Å². The maximum atomic E-state index is 2.53. The molecule has 1 unspecified atom stereocenters. The second-order valence-corrected chi connectivity index (χ2v) is 18.6. The zero-order valence-corrected chi connectivity index (χ0v) is 38.7. The average Bonchev–Trinajstić information content (AvgIpc) is 3.55. The van der Waals surface area contributed by atoms with Gasteiger partial charge in [0.25, 0.3) is 0 Å². The summed E-state index contributed by atoms with van der Waals surface area (Å²) in [6.07, 6.45) is 0. The number of nitrogens with zero attached hydrogens (tertiary/aromatic N) is 2. The van der Waals surface area contributed by atoms with Gasteiger partial charge in [-0.3, -0.25) is 0 Å². The lowest BCUT2D eigenvalue weighted by atomic mass is 9.65. The Balaban J connectivity index is 1.26. The number of benzene rings is 9. The summed E-state index contributed by atoms with van der Waals surface area (Å²) >= 11 is 0. The van der Waals surface area contributed by atoms with E-state index in [1.54, 1.807) is 0 Å². The first-order valence-electron chi connectivity index (χ1n) is 23.0. The maximum Gasteiger partial charge on any atom is 0.0727 e. The van der Waals surface area contributed by atoms with Crippen LogP contribution in [0.25, 0.3) is 33.4 Å². The van der Waals surface area contributed by atoms with Crippen LogP contribution in [0.1, 0.15) is 66.8 Å². The molecule has 316 valence electrons. The van der Waals surface area contributed by atoms with Gasteiger partial charge >= 0.3 is 0 Å². The molecule has 9 aromatic rings. The van der Waals surface area contributed by atoms with Crippen molar-refractivity contribution in [2.75, 3.05) is 9.80 Å². The summed E-state index contributed by atoms with van der Waals surface area (Å²) in [6.45, 7) is 17.7. The van der Waals surface area contributed by atoms with Crippen molar-refractivity contribution in [3.05, 3.63) is 249 Å². The van der Waals surface area contributed by atoms with Crippen molar-refractivity contribution < 1.29 is 0 Å². The molecule has 1 atom stereocenters. The molecule has 11 rings (SSSR count). The lowest BCUT2D eigenvalue weighted by molar-refractivity contribution is 0.775. The third kappa shape index (κ3) is 6.30. The zero-order chi connectivity index (χ0) is 44.7. The molecule has 2 heteroatoms. The summed E-state index contributed by atoms with van der Waals surface area (Å²) in [5, 5.41) is 0. The predicted molar refractivity (Wildman–Crippen MR) is 275 cm³/mol. The molecule has 2 aliphatic carbocycles. The van der Waals surface area contributed by atoms with Gasteiger partial charge in [0.2, 0.25) is 0 Å². The van der Waals surface area contributed by atoms with Crippen LogP contribution in [0.4, 0.5) is 34.1 Å². The van der Waals surface area contributed by atoms with Gasteiger partial charge in [-0.25, -0.2) is 0 Å². The first-order valence-corrected chi connectivity index (χ1v) is 23.0. The Morgan fingerprint density at radius 1 is 0.231 bits per heavy atom. The largest absolute Gasteiger partial charge is 0.310 e. The van der Waals surface area contributed by atoms with Gasteiger partial charge in [-0.05, 0) is 228 Å². The lowest BCUT2D eigenvalue weighted by Crippen LogP contribution is -2.30. The second-order valence-electron chi connectivity index (χ2n) is 18.6. The van der Waals surface area contributed by atoms with Gasteiger partial charge in [0.05, 0.1) is 5.41 Å². The zero-order valence-electron chi connectivity index (χ0n) is 38.7. The molecule has 65 heavy (non-hydrogen) atoms. The molecule has 0 fully saturated rings. The molecule has 0 saturated carbocycles. The van der Waals surface area contributed by atoms with E-state index in [0.717, 1.165) is 34.1 Å². The number of fused-ring (bicyclic) bond motifs is 12. The fourth-order valence-electron chi connectivity index (χ4n) is 10.7. The molecular formula is C63H54N2. The van der Waals surface area contributed by atoms with Crippen LogP contribution < -0.4 is 9.80 Å². The fraction of sp³-hybridized carbons (Fsp3) is 0.143. The highest BCUT2D eigenvalue weighted by Gasteiger charge is 2.50. The minimum atomic E-state index is -0.682. The van der Waals surface area contributed by atoms with Gasteiger partial charge in [0.15, 0.2) is 0 Å². The first-order chi connectivity index (χ1) is 31.5. The Hall–Kier alpha value is -7.42. The van der Waals surface area contributed by atoms with Crippen molar-refractivity contribution in [2.45, 2.75) is 60.8 Å². The van der Waals surface area contributed by atoms with Crippen LogP contribution in [0.3, 0.4) is 0 Å². The van der Waals surface area contributed by atoms with Crippen LogP contribution in [0.5, 0.6) is 0 Å². The monoisotopic (exact) mass is 838 g/mol. The molecule has 1 spiro atoms. The smallest absolute Gasteiger partial charge is 0.0727 e. The molecule has 0 bridgehead atoms. The average molecular weight is 839 g/mol. The molecular weight excluding hydrogens is 785 g/mol. The van der Waals surface area contributed by atoms with Crippen LogP contribution in [-0.2, 0) is 5.41 Å². The third-order valence-corrected chi connectivity index (χ3v) is 14.8. The summed E-state index contributed by atoms with van der Waals surface area (Å²) in [5.74, 6) is 0. The number of hydrogen-bond acceptors (Lipinski definition) is 2. The van der Waals surface area contributed by atoms with Crippen LogP contribution >= 0.6 is 0 Å². The molecule has 0 amide bonds. The third-order valence-electron chi connectivity index (χ3n) is 14.8. The summed E-state index contributed by atoms with van der Waals surface area (Å²) in [5.41, 5.74) is 29.1. The Bertz CT molecular complexity index is 3280. The second kappa shape index (κ2) is 15.4. The summed E-state index contributed by atoms with van der Waals surface area (Å²) < 4.78 is 0. The Morgan fingerprint density at radius 3 is 0.846 bits per heavy atom. The van der Waals surface area contributed by atoms with Gasteiger partial charge in [-0.2, -0.15) is 0 Å². The Labute approximate surface area is 385 Å².